The van der Waals surface area contributed by atoms with E-state index in [9.17, 15) is 13.2 Å². The first-order valence-corrected chi connectivity index (χ1v) is 5.83. The molecule has 0 saturated heterocycles. The Morgan fingerprint density at radius 3 is 2.41 bits per heavy atom. The molecular formula is C11H20F3NO2. The first-order chi connectivity index (χ1) is 7.97. The lowest BCUT2D eigenvalue weighted by molar-refractivity contribution is -0.184. The van der Waals surface area contributed by atoms with Crippen LogP contribution in [0.3, 0.4) is 0 Å². The smallest absolute Gasteiger partial charge is 0.355 e. The van der Waals surface area contributed by atoms with Crippen LogP contribution in [0.4, 0.5) is 13.2 Å². The summed E-state index contributed by atoms with van der Waals surface area (Å²) in [5.41, 5.74) is 0. The van der Waals surface area contributed by atoms with Gasteiger partial charge in [-0.3, -0.25) is 0 Å². The zero-order valence-corrected chi connectivity index (χ0v) is 10.2. The Bertz CT molecular complexity index is 219. The van der Waals surface area contributed by atoms with Gasteiger partial charge in [-0.1, -0.05) is 6.42 Å². The van der Waals surface area contributed by atoms with Crippen molar-refractivity contribution in [2.45, 2.75) is 44.2 Å². The average Bonchev–Trinajstić information content (AvgIpc) is 2.30. The van der Waals surface area contributed by atoms with Crippen molar-refractivity contribution in [2.24, 2.45) is 5.92 Å². The van der Waals surface area contributed by atoms with Gasteiger partial charge in [0.2, 0.25) is 0 Å². The Kier molecular flexibility index (Phi) is 5.69. The zero-order valence-electron chi connectivity index (χ0n) is 10.2. The van der Waals surface area contributed by atoms with E-state index in [1.165, 1.54) is 14.2 Å². The van der Waals surface area contributed by atoms with E-state index in [1.807, 2.05) is 0 Å². The second kappa shape index (κ2) is 6.56. The van der Waals surface area contributed by atoms with Crippen molar-refractivity contribution in [2.75, 3.05) is 20.8 Å². The van der Waals surface area contributed by atoms with Crippen molar-refractivity contribution >= 4 is 0 Å². The molecule has 0 aliphatic heterocycles. The second-order valence-corrected chi connectivity index (χ2v) is 4.41. The van der Waals surface area contributed by atoms with Crippen LogP contribution in [0.15, 0.2) is 0 Å². The van der Waals surface area contributed by atoms with Gasteiger partial charge < -0.3 is 14.8 Å². The van der Waals surface area contributed by atoms with Gasteiger partial charge in [0.15, 0.2) is 6.29 Å². The van der Waals surface area contributed by atoms with Crippen molar-refractivity contribution in [3.05, 3.63) is 0 Å². The fourth-order valence-corrected chi connectivity index (χ4v) is 2.20. The van der Waals surface area contributed by atoms with Crippen LogP contribution in [-0.4, -0.2) is 39.3 Å². The summed E-state index contributed by atoms with van der Waals surface area (Å²) in [6, 6.07) is -0.0943. The fraction of sp³-hybridized carbons (Fsp3) is 1.00. The minimum Gasteiger partial charge on any atom is -0.355 e. The van der Waals surface area contributed by atoms with Gasteiger partial charge in [-0.05, 0) is 19.3 Å². The number of nitrogens with one attached hydrogen (secondary N) is 1. The molecule has 0 amide bonds. The number of hydrogen-bond acceptors (Lipinski definition) is 3. The normalized spacial score (nSPS) is 26.5. The van der Waals surface area contributed by atoms with E-state index in [2.05, 4.69) is 5.32 Å². The molecule has 0 heterocycles. The lowest BCUT2D eigenvalue weighted by Gasteiger charge is -2.31. The molecule has 6 heteroatoms. The highest BCUT2D eigenvalue weighted by Crippen LogP contribution is 2.37. The topological polar surface area (TPSA) is 30.5 Å². The molecule has 17 heavy (non-hydrogen) atoms. The maximum absolute atomic E-state index is 12.6. The minimum atomic E-state index is -4.07. The molecule has 2 unspecified atom stereocenters. The molecule has 0 aromatic carbocycles. The molecule has 0 radical (unpaired) electrons. The van der Waals surface area contributed by atoms with E-state index >= 15 is 0 Å². The monoisotopic (exact) mass is 255 g/mol. The van der Waals surface area contributed by atoms with Gasteiger partial charge in [-0.2, -0.15) is 13.2 Å². The van der Waals surface area contributed by atoms with Gasteiger partial charge >= 0.3 is 6.18 Å². The molecule has 1 N–H and O–H groups in total. The van der Waals surface area contributed by atoms with E-state index in [0.717, 1.165) is 6.42 Å². The van der Waals surface area contributed by atoms with Gasteiger partial charge in [0.25, 0.3) is 0 Å². The summed E-state index contributed by atoms with van der Waals surface area (Å²) >= 11 is 0. The van der Waals surface area contributed by atoms with E-state index in [0.29, 0.717) is 13.0 Å². The molecule has 1 aliphatic rings. The third-order valence-corrected chi connectivity index (χ3v) is 3.24. The maximum Gasteiger partial charge on any atom is 0.391 e. The highest BCUT2D eigenvalue weighted by atomic mass is 19.4. The molecular weight excluding hydrogens is 235 g/mol. The van der Waals surface area contributed by atoms with Crippen LogP contribution in [0.1, 0.15) is 25.7 Å². The summed E-state index contributed by atoms with van der Waals surface area (Å²) in [5, 5.41) is 3.08. The summed E-state index contributed by atoms with van der Waals surface area (Å²) < 4.78 is 47.7. The van der Waals surface area contributed by atoms with Crippen LogP contribution >= 0.6 is 0 Å². The zero-order chi connectivity index (χ0) is 12.9. The first-order valence-electron chi connectivity index (χ1n) is 5.83. The molecule has 0 aromatic rings. The van der Waals surface area contributed by atoms with Crippen molar-refractivity contribution in [1.29, 1.82) is 0 Å². The molecule has 3 nitrogen and oxygen atoms in total. The molecule has 1 saturated carbocycles. The molecule has 0 bridgehead atoms. The third kappa shape index (κ3) is 4.81. The van der Waals surface area contributed by atoms with Gasteiger partial charge in [0.05, 0.1) is 5.92 Å². The maximum atomic E-state index is 12.6. The highest BCUT2D eigenvalue weighted by Gasteiger charge is 2.42. The molecule has 1 aliphatic carbocycles. The van der Waals surface area contributed by atoms with E-state index < -0.39 is 18.4 Å². The Morgan fingerprint density at radius 1 is 1.24 bits per heavy atom. The van der Waals surface area contributed by atoms with E-state index in [1.54, 1.807) is 0 Å². The predicted molar refractivity (Wildman–Crippen MR) is 57.6 cm³/mol. The van der Waals surface area contributed by atoms with Crippen LogP contribution < -0.4 is 5.32 Å². The molecule has 102 valence electrons. The summed E-state index contributed by atoms with van der Waals surface area (Å²) in [6.45, 7) is 0.419. The van der Waals surface area contributed by atoms with Gasteiger partial charge in [-0.15, -0.1) is 0 Å². The third-order valence-electron chi connectivity index (χ3n) is 3.24. The lowest BCUT2D eigenvalue weighted by atomic mass is 9.85. The molecule has 0 spiro atoms. The quantitative estimate of drug-likeness (QED) is 0.765. The largest absolute Gasteiger partial charge is 0.391 e. The Hall–Kier alpha value is -0.330. The Labute approximate surface area is 99.7 Å². The number of hydrogen-bond donors (Lipinski definition) is 1. The van der Waals surface area contributed by atoms with Crippen molar-refractivity contribution in [3.8, 4) is 0 Å². The SMILES string of the molecule is COC(CNC1CCCC(C(F)(F)F)C1)OC. The Morgan fingerprint density at radius 2 is 1.88 bits per heavy atom. The minimum absolute atomic E-state index is 0.0943. The van der Waals surface area contributed by atoms with Crippen molar-refractivity contribution in [3.63, 3.8) is 0 Å². The van der Waals surface area contributed by atoms with Gasteiger partial charge in [0.1, 0.15) is 0 Å². The standard InChI is InChI=1S/C11H20F3NO2/c1-16-10(17-2)7-15-9-5-3-4-8(6-9)11(12,13)14/h8-10,15H,3-7H2,1-2H3. The lowest BCUT2D eigenvalue weighted by Crippen LogP contribution is -2.42. The van der Waals surface area contributed by atoms with Crippen LogP contribution in [0.5, 0.6) is 0 Å². The fourth-order valence-electron chi connectivity index (χ4n) is 2.20. The number of alkyl halides is 3. The number of methoxy groups -OCH3 is 2. The van der Waals surface area contributed by atoms with Crippen LogP contribution in [0.2, 0.25) is 0 Å². The predicted octanol–water partition coefficient (Wildman–Crippen LogP) is 2.32. The molecule has 0 aromatic heterocycles. The van der Waals surface area contributed by atoms with E-state index in [4.69, 9.17) is 9.47 Å². The van der Waals surface area contributed by atoms with Crippen LogP contribution in [0.25, 0.3) is 0 Å². The molecule has 2 atom stereocenters. The highest BCUT2D eigenvalue weighted by molar-refractivity contribution is 4.81. The molecule has 1 rings (SSSR count). The van der Waals surface area contributed by atoms with Crippen molar-refractivity contribution in [1.82, 2.24) is 5.32 Å². The Balaban J connectivity index is 2.34. The molecule has 1 fully saturated rings. The number of halogens is 3. The van der Waals surface area contributed by atoms with Gasteiger partial charge in [0, 0.05) is 26.8 Å². The second-order valence-electron chi connectivity index (χ2n) is 4.41. The van der Waals surface area contributed by atoms with Crippen LogP contribution in [-0.2, 0) is 9.47 Å². The summed E-state index contributed by atoms with van der Waals surface area (Å²) in [6.07, 6.45) is -2.66. The van der Waals surface area contributed by atoms with E-state index in [-0.39, 0.29) is 18.9 Å². The first kappa shape index (κ1) is 14.7. The average molecular weight is 255 g/mol. The summed E-state index contributed by atoms with van der Waals surface area (Å²) in [4.78, 5) is 0. The van der Waals surface area contributed by atoms with Crippen molar-refractivity contribution < 1.29 is 22.6 Å². The van der Waals surface area contributed by atoms with Crippen LogP contribution in [0, 0.1) is 5.92 Å². The summed E-state index contributed by atoms with van der Waals surface area (Å²) in [7, 11) is 3.02. The number of ether oxygens (including phenoxy) is 2. The van der Waals surface area contributed by atoms with Gasteiger partial charge in [-0.25, -0.2) is 0 Å². The number of rotatable bonds is 5. The summed E-state index contributed by atoms with van der Waals surface area (Å²) in [5.74, 6) is -1.17.